The Balaban J connectivity index is 2.39. The van der Waals surface area contributed by atoms with E-state index < -0.39 is 5.60 Å². The third kappa shape index (κ3) is 4.39. The van der Waals surface area contributed by atoms with Gasteiger partial charge in [-0.1, -0.05) is 6.92 Å². The highest BCUT2D eigenvalue weighted by molar-refractivity contribution is 5.68. The van der Waals surface area contributed by atoms with Crippen LogP contribution in [0.15, 0.2) is 0 Å². The van der Waals surface area contributed by atoms with Gasteiger partial charge in [-0.2, -0.15) is 0 Å². The number of rotatable bonds is 1. The van der Waals surface area contributed by atoms with E-state index in [2.05, 4.69) is 12.2 Å². The van der Waals surface area contributed by atoms with E-state index in [0.29, 0.717) is 5.92 Å². The zero-order valence-corrected chi connectivity index (χ0v) is 10.7. The Labute approximate surface area is 97.9 Å². The lowest BCUT2D eigenvalue weighted by Gasteiger charge is -2.33. The van der Waals surface area contributed by atoms with Crippen molar-refractivity contribution in [3.05, 3.63) is 0 Å². The lowest BCUT2D eigenvalue weighted by molar-refractivity contribution is 0.0479. The van der Waals surface area contributed by atoms with Gasteiger partial charge in [0.25, 0.3) is 0 Å². The number of nitrogens with two attached hydrogens (primary N) is 1. The van der Waals surface area contributed by atoms with Crippen LogP contribution in [0.5, 0.6) is 0 Å². The van der Waals surface area contributed by atoms with E-state index in [1.807, 2.05) is 20.8 Å². The molecule has 16 heavy (non-hydrogen) atoms. The van der Waals surface area contributed by atoms with Crippen LogP contribution < -0.4 is 11.1 Å². The fourth-order valence-corrected chi connectivity index (χ4v) is 2.06. The van der Waals surface area contributed by atoms with Crippen molar-refractivity contribution in [3.63, 3.8) is 0 Å². The van der Waals surface area contributed by atoms with E-state index in [1.165, 1.54) is 0 Å². The van der Waals surface area contributed by atoms with Gasteiger partial charge in [-0.05, 0) is 46.0 Å². The molecular weight excluding hydrogens is 204 g/mol. The van der Waals surface area contributed by atoms with Gasteiger partial charge in [0.2, 0.25) is 0 Å². The first kappa shape index (κ1) is 13.3. The Morgan fingerprint density at radius 3 is 2.50 bits per heavy atom. The highest BCUT2D eigenvalue weighted by Crippen LogP contribution is 2.23. The van der Waals surface area contributed by atoms with Crippen LogP contribution in [0.2, 0.25) is 0 Å². The molecule has 0 aromatic carbocycles. The maximum absolute atomic E-state index is 11.6. The summed E-state index contributed by atoms with van der Waals surface area (Å²) in [4.78, 5) is 11.6. The number of nitrogens with one attached hydrogen (secondary N) is 1. The fourth-order valence-electron chi connectivity index (χ4n) is 2.06. The minimum absolute atomic E-state index is 0.0521. The van der Waals surface area contributed by atoms with Crippen LogP contribution in [0.25, 0.3) is 0 Å². The number of ether oxygens (including phenoxy) is 1. The highest BCUT2D eigenvalue weighted by atomic mass is 16.6. The Morgan fingerprint density at radius 1 is 1.38 bits per heavy atom. The molecule has 0 aromatic rings. The minimum Gasteiger partial charge on any atom is -0.444 e. The number of alkyl carbamates (subject to hydrolysis) is 1. The molecule has 0 spiro atoms. The molecular formula is C12H24N2O2. The maximum atomic E-state index is 11.6. The summed E-state index contributed by atoms with van der Waals surface area (Å²) in [6.07, 6.45) is 2.68. The van der Waals surface area contributed by atoms with Gasteiger partial charge in [0.1, 0.15) is 5.60 Å². The Kier molecular flexibility index (Phi) is 4.19. The van der Waals surface area contributed by atoms with Gasteiger partial charge >= 0.3 is 6.09 Å². The zero-order chi connectivity index (χ0) is 12.3. The van der Waals surface area contributed by atoms with Crippen LogP contribution in [0.1, 0.15) is 47.0 Å². The van der Waals surface area contributed by atoms with Gasteiger partial charge in [-0.3, -0.25) is 0 Å². The van der Waals surface area contributed by atoms with Crippen molar-refractivity contribution in [2.45, 2.75) is 64.6 Å². The molecule has 1 saturated carbocycles. The topological polar surface area (TPSA) is 64.3 Å². The second kappa shape index (κ2) is 5.04. The van der Waals surface area contributed by atoms with Crippen LogP contribution >= 0.6 is 0 Å². The van der Waals surface area contributed by atoms with E-state index in [9.17, 15) is 4.79 Å². The largest absolute Gasteiger partial charge is 0.444 e. The third-order valence-electron chi connectivity index (χ3n) is 2.86. The summed E-state index contributed by atoms with van der Waals surface area (Å²) >= 11 is 0. The summed E-state index contributed by atoms with van der Waals surface area (Å²) in [6, 6.07) is 0.113. The second-order valence-corrected chi connectivity index (χ2v) is 5.83. The predicted octanol–water partition coefficient (Wildman–Crippen LogP) is 2.03. The number of carbonyl (C=O) groups excluding carboxylic acids is 1. The molecule has 3 N–H and O–H groups in total. The van der Waals surface area contributed by atoms with Gasteiger partial charge in [-0.15, -0.1) is 0 Å². The van der Waals surface area contributed by atoms with Crippen LogP contribution in [0.3, 0.4) is 0 Å². The quantitative estimate of drug-likeness (QED) is 0.721. The monoisotopic (exact) mass is 228 g/mol. The lowest BCUT2D eigenvalue weighted by Crippen LogP contribution is -2.51. The van der Waals surface area contributed by atoms with Gasteiger partial charge < -0.3 is 15.8 Å². The molecule has 0 heterocycles. The van der Waals surface area contributed by atoms with Gasteiger partial charge in [0.05, 0.1) is 0 Å². The molecule has 1 rings (SSSR count). The molecule has 1 aliphatic rings. The Hall–Kier alpha value is -0.770. The van der Waals surface area contributed by atoms with Crippen molar-refractivity contribution in [3.8, 4) is 0 Å². The first-order valence-electron chi connectivity index (χ1n) is 6.03. The van der Waals surface area contributed by atoms with Crippen LogP contribution in [0, 0.1) is 5.92 Å². The van der Waals surface area contributed by atoms with E-state index in [1.54, 1.807) is 0 Å². The Bertz CT molecular complexity index is 248. The summed E-state index contributed by atoms with van der Waals surface area (Å²) in [5, 5.41) is 2.86. The van der Waals surface area contributed by atoms with E-state index in [0.717, 1.165) is 19.3 Å². The first-order chi connectivity index (χ1) is 7.28. The van der Waals surface area contributed by atoms with Crippen molar-refractivity contribution >= 4 is 6.09 Å². The van der Waals surface area contributed by atoms with Crippen LogP contribution in [-0.4, -0.2) is 23.8 Å². The van der Waals surface area contributed by atoms with E-state index in [-0.39, 0.29) is 18.2 Å². The summed E-state index contributed by atoms with van der Waals surface area (Å²) in [5.74, 6) is 0.659. The average Bonchev–Trinajstić information content (AvgIpc) is 2.06. The standard InChI is InChI=1S/C12H24N2O2/c1-8-5-6-10(9(13)7-8)14-11(15)16-12(2,3)4/h8-10H,5-7,13H2,1-4H3,(H,14,15)/t8?,9-,10+/m0/s1. The van der Waals surface area contributed by atoms with Crippen molar-refractivity contribution in [1.29, 1.82) is 0 Å². The minimum atomic E-state index is -0.448. The molecule has 4 nitrogen and oxygen atoms in total. The summed E-state index contributed by atoms with van der Waals surface area (Å²) in [6.45, 7) is 7.77. The molecule has 94 valence electrons. The van der Waals surface area contributed by atoms with Crippen LogP contribution in [0.4, 0.5) is 4.79 Å². The summed E-state index contributed by atoms with van der Waals surface area (Å²) in [7, 11) is 0. The maximum Gasteiger partial charge on any atom is 0.407 e. The van der Waals surface area contributed by atoms with Gasteiger partial charge in [0.15, 0.2) is 0 Å². The molecule has 0 bridgehead atoms. The van der Waals surface area contributed by atoms with Crippen LogP contribution in [-0.2, 0) is 4.74 Å². The fraction of sp³-hybridized carbons (Fsp3) is 0.917. The predicted molar refractivity (Wildman–Crippen MR) is 64.1 cm³/mol. The Morgan fingerprint density at radius 2 is 2.00 bits per heavy atom. The second-order valence-electron chi connectivity index (χ2n) is 5.83. The van der Waals surface area contributed by atoms with Gasteiger partial charge in [0, 0.05) is 12.1 Å². The number of hydrogen-bond acceptors (Lipinski definition) is 3. The molecule has 1 aliphatic carbocycles. The zero-order valence-electron chi connectivity index (χ0n) is 10.7. The molecule has 3 atom stereocenters. The van der Waals surface area contributed by atoms with Gasteiger partial charge in [-0.25, -0.2) is 4.79 Å². The highest BCUT2D eigenvalue weighted by Gasteiger charge is 2.28. The molecule has 4 heteroatoms. The van der Waals surface area contributed by atoms with Crippen molar-refractivity contribution < 1.29 is 9.53 Å². The van der Waals surface area contributed by atoms with E-state index >= 15 is 0 Å². The molecule has 0 aromatic heterocycles. The van der Waals surface area contributed by atoms with Crippen molar-refractivity contribution in [1.82, 2.24) is 5.32 Å². The third-order valence-corrected chi connectivity index (χ3v) is 2.86. The lowest BCUT2D eigenvalue weighted by atomic mass is 9.84. The summed E-state index contributed by atoms with van der Waals surface area (Å²) in [5.41, 5.74) is 5.56. The summed E-state index contributed by atoms with van der Waals surface area (Å²) < 4.78 is 5.21. The van der Waals surface area contributed by atoms with Crippen molar-refractivity contribution in [2.75, 3.05) is 0 Å². The molecule has 1 unspecified atom stereocenters. The molecule has 0 radical (unpaired) electrons. The first-order valence-corrected chi connectivity index (χ1v) is 6.03. The van der Waals surface area contributed by atoms with E-state index in [4.69, 9.17) is 10.5 Å². The SMILES string of the molecule is CC1CC[C@@H](NC(=O)OC(C)(C)C)[C@@H](N)C1. The normalized spacial score (nSPS) is 30.9. The number of carbonyl (C=O) groups is 1. The molecule has 1 amide bonds. The molecule has 0 aliphatic heterocycles. The molecule has 1 fully saturated rings. The molecule has 0 saturated heterocycles. The smallest absolute Gasteiger partial charge is 0.407 e. The average molecular weight is 228 g/mol. The van der Waals surface area contributed by atoms with Crippen molar-refractivity contribution in [2.24, 2.45) is 11.7 Å². The number of amides is 1. The number of hydrogen-bond donors (Lipinski definition) is 2.